The van der Waals surface area contributed by atoms with Gasteiger partial charge in [0.15, 0.2) is 0 Å². The van der Waals surface area contributed by atoms with E-state index in [4.69, 9.17) is 21.4 Å². The van der Waals surface area contributed by atoms with Gasteiger partial charge in [0.05, 0.1) is 11.8 Å². The van der Waals surface area contributed by atoms with Gasteiger partial charge >= 0.3 is 0 Å². The van der Waals surface area contributed by atoms with Gasteiger partial charge in [-0.15, -0.1) is 0 Å². The number of benzene rings is 3. The van der Waals surface area contributed by atoms with Gasteiger partial charge in [0, 0.05) is 27.0 Å². The number of hydrogen-bond donors (Lipinski definition) is 0. The van der Waals surface area contributed by atoms with E-state index in [9.17, 15) is 0 Å². The Morgan fingerprint density at radius 1 is 1.00 bits per heavy atom. The highest BCUT2D eigenvalue weighted by atomic mass is 79.9. The molecule has 0 saturated heterocycles. The van der Waals surface area contributed by atoms with E-state index in [-0.39, 0.29) is 17.7 Å². The lowest BCUT2D eigenvalue weighted by atomic mass is 9.86. The van der Waals surface area contributed by atoms with Crippen molar-refractivity contribution in [2.24, 2.45) is 5.10 Å². The van der Waals surface area contributed by atoms with Crippen LogP contribution in [-0.4, -0.2) is 10.7 Å². The second-order valence-electron chi connectivity index (χ2n) is 9.18. The molecule has 2 aliphatic heterocycles. The van der Waals surface area contributed by atoms with Gasteiger partial charge in [-0.3, -0.25) is 0 Å². The number of fused-ring (bicyclic) bond motifs is 3. The van der Waals surface area contributed by atoms with E-state index in [2.05, 4.69) is 72.0 Å². The van der Waals surface area contributed by atoms with Gasteiger partial charge in [0.2, 0.25) is 6.23 Å². The molecule has 2 heterocycles. The monoisotopic (exact) mass is 494 g/mol. The third kappa shape index (κ3) is 3.88. The highest BCUT2D eigenvalue weighted by Gasteiger charge is 2.41. The Hall–Kier alpha value is -2.30. The molecule has 3 aromatic carbocycles. The van der Waals surface area contributed by atoms with Crippen molar-refractivity contribution in [1.82, 2.24) is 5.01 Å². The van der Waals surface area contributed by atoms with Gasteiger partial charge in [-0.2, -0.15) is 5.10 Å². The molecule has 0 saturated carbocycles. The van der Waals surface area contributed by atoms with Crippen LogP contribution in [0, 0.1) is 0 Å². The van der Waals surface area contributed by atoms with Gasteiger partial charge < -0.3 is 4.74 Å². The molecule has 2 atom stereocenters. The molecular formula is C26H24BrClN2O. The largest absolute Gasteiger partial charge is 0.464 e. The summed E-state index contributed by atoms with van der Waals surface area (Å²) in [7, 11) is 0. The van der Waals surface area contributed by atoms with Crippen LogP contribution in [-0.2, 0) is 5.41 Å². The number of nitrogens with zero attached hydrogens (tertiary/aromatic N) is 2. The zero-order chi connectivity index (χ0) is 21.8. The van der Waals surface area contributed by atoms with Gasteiger partial charge in [0.1, 0.15) is 5.75 Å². The first-order chi connectivity index (χ1) is 14.8. The van der Waals surface area contributed by atoms with E-state index < -0.39 is 0 Å². The Bertz CT molecular complexity index is 1150. The summed E-state index contributed by atoms with van der Waals surface area (Å²) in [5.41, 5.74) is 5.82. The van der Waals surface area contributed by atoms with Crippen LogP contribution in [0.15, 0.2) is 76.3 Å². The minimum absolute atomic E-state index is 0.112. The minimum Gasteiger partial charge on any atom is -0.464 e. The maximum atomic E-state index is 6.49. The predicted octanol–water partition coefficient (Wildman–Crippen LogP) is 7.64. The molecule has 5 rings (SSSR count). The second kappa shape index (κ2) is 7.68. The molecule has 0 radical (unpaired) electrons. The van der Waals surface area contributed by atoms with E-state index in [1.807, 2.05) is 36.4 Å². The molecule has 0 unspecified atom stereocenters. The Morgan fingerprint density at radius 3 is 2.39 bits per heavy atom. The van der Waals surface area contributed by atoms with E-state index in [0.717, 1.165) is 44.1 Å². The first-order valence-electron chi connectivity index (χ1n) is 10.5. The van der Waals surface area contributed by atoms with Crippen LogP contribution < -0.4 is 4.74 Å². The summed E-state index contributed by atoms with van der Waals surface area (Å²) in [5.74, 6) is 0.918. The summed E-state index contributed by atoms with van der Waals surface area (Å²) in [6.45, 7) is 6.69. The fourth-order valence-corrected chi connectivity index (χ4v) is 4.75. The molecule has 0 amide bonds. The molecule has 5 heteroatoms. The van der Waals surface area contributed by atoms with Crippen molar-refractivity contribution in [2.75, 3.05) is 0 Å². The molecule has 0 aliphatic carbocycles. The fourth-order valence-electron chi connectivity index (χ4n) is 4.24. The van der Waals surface area contributed by atoms with Crippen LogP contribution in [0.3, 0.4) is 0 Å². The number of rotatable bonds is 2. The molecule has 0 bridgehead atoms. The normalized spacial score (nSPS) is 20.0. The lowest BCUT2D eigenvalue weighted by Gasteiger charge is -2.38. The number of halogens is 2. The smallest absolute Gasteiger partial charge is 0.213 e. The second-order valence-corrected chi connectivity index (χ2v) is 10.5. The lowest BCUT2D eigenvalue weighted by molar-refractivity contribution is -0.0191. The van der Waals surface area contributed by atoms with Gasteiger partial charge in [0.25, 0.3) is 0 Å². The summed E-state index contributed by atoms with van der Waals surface area (Å²) < 4.78 is 7.54. The summed E-state index contributed by atoms with van der Waals surface area (Å²) in [5, 5.41) is 7.88. The average molecular weight is 496 g/mol. The highest BCUT2D eigenvalue weighted by molar-refractivity contribution is 9.10. The van der Waals surface area contributed by atoms with Gasteiger partial charge in [-0.1, -0.05) is 84.7 Å². The summed E-state index contributed by atoms with van der Waals surface area (Å²) in [4.78, 5) is 0. The summed E-state index contributed by atoms with van der Waals surface area (Å²) >= 11 is 9.71. The zero-order valence-electron chi connectivity index (χ0n) is 17.8. The number of hydrogen-bond acceptors (Lipinski definition) is 3. The van der Waals surface area contributed by atoms with Crippen LogP contribution in [0.5, 0.6) is 5.75 Å². The molecule has 3 aromatic rings. The molecule has 2 aliphatic rings. The molecule has 0 spiro atoms. The quantitative estimate of drug-likeness (QED) is 0.365. The summed E-state index contributed by atoms with van der Waals surface area (Å²) in [6, 6.07) is 23.0. The average Bonchev–Trinajstić information content (AvgIpc) is 3.19. The zero-order valence-corrected chi connectivity index (χ0v) is 20.1. The van der Waals surface area contributed by atoms with Crippen molar-refractivity contribution in [1.29, 1.82) is 0 Å². The minimum atomic E-state index is -0.266. The molecule has 31 heavy (non-hydrogen) atoms. The van der Waals surface area contributed by atoms with Crippen LogP contribution >= 0.6 is 27.5 Å². The Balaban J connectivity index is 1.56. The maximum Gasteiger partial charge on any atom is 0.213 e. The van der Waals surface area contributed by atoms with Crippen molar-refractivity contribution >= 4 is 33.2 Å². The molecule has 0 aromatic heterocycles. The molecular weight excluding hydrogens is 472 g/mol. The molecule has 0 fully saturated rings. The fraction of sp³-hybridized carbons (Fsp3) is 0.269. The standard InChI is InChI=1S/C26H24BrClN2O/c1-26(2,3)18-8-4-17(5-9-18)25-30-23(21-14-19(27)10-13-24(21)31-25)15-22(29-30)16-6-11-20(28)12-7-16/h4-14,23,25H,15H2,1-3H3/t23-,25+/m1/s1. The third-order valence-corrected chi connectivity index (χ3v) is 6.74. The highest BCUT2D eigenvalue weighted by Crippen LogP contribution is 2.48. The van der Waals surface area contributed by atoms with Crippen LogP contribution in [0.1, 0.15) is 61.7 Å². The van der Waals surface area contributed by atoms with Crippen molar-refractivity contribution < 1.29 is 4.74 Å². The number of hydrazone groups is 1. The van der Waals surface area contributed by atoms with Gasteiger partial charge in [-0.25, -0.2) is 5.01 Å². The molecule has 158 valence electrons. The summed E-state index contributed by atoms with van der Waals surface area (Å²) in [6.07, 6.45) is 0.558. The maximum absolute atomic E-state index is 6.49. The Labute approximate surface area is 196 Å². The number of ether oxygens (including phenoxy) is 1. The van der Waals surface area contributed by atoms with E-state index in [1.165, 1.54) is 5.56 Å². The van der Waals surface area contributed by atoms with E-state index in [0.29, 0.717) is 0 Å². The Kier molecular flexibility index (Phi) is 5.10. The third-order valence-electron chi connectivity index (χ3n) is 5.99. The topological polar surface area (TPSA) is 24.8 Å². The van der Waals surface area contributed by atoms with Crippen LogP contribution in [0.25, 0.3) is 0 Å². The van der Waals surface area contributed by atoms with E-state index in [1.54, 1.807) is 0 Å². The van der Waals surface area contributed by atoms with Crippen molar-refractivity contribution in [3.05, 3.63) is 98.5 Å². The molecule has 3 nitrogen and oxygen atoms in total. The van der Waals surface area contributed by atoms with Gasteiger partial charge in [-0.05, 0) is 46.9 Å². The lowest BCUT2D eigenvalue weighted by Crippen LogP contribution is -2.33. The van der Waals surface area contributed by atoms with Crippen molar-refractivity contribution in [3.8, 4) is 5.75 Å². The first kappa shape index (κ1) is 20.6. The van der Waals surface area contributed by atoms with Crippen LogP contribution in [0.4, 0.5) is 0 Å². The molecule has 0 N–H and O–H groups in total. The van der Waals surface area contributed by atoms with Crippen molar-refractivity contribution in [2.45, 2.75) is 44.9 Å². The van der Waals surface area contributed by atoms with Crippen LogP contribution in [0.2, 0.25) is 5.02 Å². The first-order valence-corrected chi connectivity index (χ1v) is 11.6. The SMILES string of the molecule is CC(C)(C)c1ccc([C@@H]2Oc3ccc(Br)cc3[C@H]3CC(c4ccc(Cl)cc4)=NN32)cc1. The Morgan fingerprint density at radius 2 is 1.71 bits per heavy atom. The van der Waals surface area contributed by atoms with Crippen molar-refractivity contribution in [3.63, 3.8) is 0 Å². The van der Waals surface area contributed by atoms with E-state index >= 15 is 0 Å². The predicted molar refractivity (Wildman–Crippen MR) is 130 cm³/mol.